The van der Waals surface area contributed by atoms with Gasteiger partial charge in [-0.3, -0.25) is 9.69 Å². The molecule has 2 fully saturated rings. The molecule has 9 heteroatoms. The molecule has 5 nitrogen and oxygen atoms in total. The van der Waals surface area contributed by atoms with Gasteiger partial charge in [0.15, 0.2) is 0 Å². The summed E-state index contributed by atoms with van der Waals surface area (Å²) in [4.78, 5) is 21.2. The van der Waals surface area contributed by atoms with E-state index < -0.39 is 11.7 Å². The second kappa shape index (κ2) is 10.1. The average Bonchev–Trinajstić information content (AvgIpc) is 2.80. The molecule has 2 aliphatic rings. The van der Waals surface area contributed by atoms with Crippen LogP contribution in [0.15, 0.2) is 30.5 Å². The van der Waals surface area contributed by atoms with Crippen molar-refractivity contribution < 1.29 is 22.7 Å². The monoisotopic (exact) mass is 495 g/mol. The largest absolute Gasteiger partial charge is 0.473 e. The number of rotatable bonds is 4. The Morgan fingerprint density at radius 1 is 1.06 bits per heavy atom. The Labute approximate surface area is 202 Å². The predicted molar refractivity (Wildman–Crippen MR) is 124 cm³/mol. The van der Waals surface area contributed by atoms with Crippen molar-refractivity contribution >= 4 is 17.5 Å². The first-order chi connectivity index (χ1) is 16.1. The fraction of sp³-hybridized carbons (Fsp3) is 0.520. The molecule has 2 aromatic rings. The first-order valence-electron chi connectivity index (χ1n) is 11.6. The van der Waals surface area contributed by atoms with Gasteiger partial charge in [0, 0.05) is 44.0 Å². The lowest BCUT2D eigenvalue weighted by molar-refractivity contribution is -0.137. The molecular formula is C25H29ClF3N3O2. The second-order valence-electron chi connectivity index (χ2n) is 9.15. The molecule has 1 aromatic carbocycles. The first kappa shape index (κ1) is 24.8. The quantitative estimate of drug-likeness (QED) is 0.560. The van der Waals surface area contributed by atoms with E-state index in [1.54, 1.807) is 0 Å². The smallest absolute Gasteiger partial charge is 0.417 e. The van der Waals surface area contributed by atoms with E-state index in [4.69, 9.17) is 16.3 Å². The van der Waals surface area contributed by atoms with Crippen molar-refractivity contribution in [3.8, 4) is 5.88 Å². The van der Waals surface area contributed by atoms with Crippen LogP contribution in [0.4, 0.5) is 13.2 Å². The number of alkyl halides is 3. The number of pyridine rings is 1. The van der Waals surface area contributed by atoms with Crippen molar-refractivity contribution in [2.45, 2.75) is 57.9 Å². The molecule has 0 aliphatic carbocycles. The first-order valence-corrected chi connectivity index (χ1v) is 12.0. The number of carbonyl (C=O) groups excluding carboxylic acids is 1. The van der Waals surface area contributed by atoms with Crippen LogP contribution >= 0.6 is 11.6 Å². The standard InChI is InChI=1S/C25H29ClF3N3O2/c1-16-4-3-5-17(2)22(16)24(33)32-10-6-19(7-11-32)31-12-8-20(9-13-31)34-23-21(26)14-18(15-30-23)25(27,28)29/h3-5,14-15,19-20H,6-13H2,1-2H3. The summed E-state index contributed by atoms with van der Waals surface area (Å²) in [6.07, 6.45) is -0.517. The van der Waals surface area contributed by atoms with Gasteiger partial charge >= 0.3 is 6.18 Å². The van der Waals surface area contributed by atoms with Crippen molar-refractivity contribution in [3.63, 3.8) is 0 Å². The molecule has 0 N–H and O–H groups in total. The van der Waals surface area contributed by atoms with E-state index in [-0.39, 0.29) is 22.9 Å². The Bertz CT molecular complexity index is 1010. The number of piperidine rings is 2. The highest BCUT2D eigenvalue weighted by Gasteiger charge is 2.33. The Balaban J connectivity index is 1.27. The molecule has 0 bridgehead atoms. The molecule has 0 spiro atoms. The third-order valence-electron chi connectivity index (χ3n) is 6.85. The van der Waals surface area contributed by atoms with Gasteiger partial charge in [0.2, 0.25) is 5.88 Å². The van der Waals surface area contributed by atoms with Crippen LogP contribution in [0.2, 0.25) is 5.02 Å². The molecule has 0 unspecified atom stereocenters. The summed E-state index contributed by atoms with van der Waals surface area (Å²) in [5.74, 6) is 0.161. The minimum absolute atomic E-state index is 0.0476. The summed E-state index contributed by atoms with van der Waals surface area (Å²) in [6.45, 7) is 7.09. The van der Waals surface area contributed by atoms with Crippen LogP contribution in [0.5, 0.6) is 5.88 Å². The van der Waals surface area contributed by atoms with Crippen LogP contribution in [-0.2, 0) is 6.18 Å². The van der Waals surface area contributed by atoms with Gasteiger partial charge in [0.05, 0.1) is 5.56 Å². The molecule has 34 heavy (non-hydrogen) atoms. The van der Waals surface area contributed by atoms with Crippen molar-refractivity contribution in [2.75, 3.05) is 26.2 Å². The van der Waals surface area contributed by atoms with Crippen LogP contribution in [0, 0.1) is 13.8 Å². The number of benzene rings is 1. The van der Waals surface area contributed by atoms with Gasteiger partial charge in [-0.1, -0.05) is 29.8 Å². The number of nitrogens with zero attached hydrogens (tertiary/aromatic N) is 3. The second-order valence-corrected chi connectivity index (χ2v) is 9.56. The highest BCUT2D eigenvalue weighted by molar-refractivity contribution is 6.31. The zero-order chi connectivity index (χ0) is 24.5. The zero-order valence-electron chi connectivity index (χ0n) is 19.4. The fourth-order valence-corrected chi connectivity index (χ4v) is 5.14. The molecule has 0 radical (unpaired) electrons. The van der Waals surface area contributed by atoms with Gasteiger partial charge in [0.25, 0.3) is 5.91 Å². The molecule has 0 atom stereocenters. The molecule has 1 aromatic heterocycles. The third kappa shape index (κ3) is 5.49. The normalized spacial score (nSPS) is 18.8. The third-order valence-corrected chi connectivity index (χ3v) is 7.12. The maximum atomic E-state index is 13.1. The zero-order valence-corrected chi connectivity index (χ0v) is 20.1. The number of hydrogen-bond acceptors (Lipinski definition) is 4. The molecule has 2 saturated heterocycles. The highest BCUT2D eigenvalue weighted by Crippen LogP contribution is 2.34. The van der Waals surface area contributed by atoms with Gasteiger partial charge in [-0.15, -0.1) is 0 Å². The van der Waals surface area contributed by atoms with E-state index in [0.29, 0.717) is 6.04 Å². The van der Waals surface area contributed by atoms with Crippen LogP contribution in [0.3, 0.4) is 0 Å². The number of ether oxygens (including phenoxy) is 1. The number of likely N-dealkylation sites (tertiary alicyclic amines) is 2. The number of aromatic nitrogens is 1. The fourth-order valence-electron chi connectivity index (χ4n) is 4.93. The van der Waals surface area contributed by atoms with E-state index in [0.717, 1.165) is 80.8 Å². The van der Waals surface area contributed by atoms with Gasteiger partial charge in [0.1, 0.15) is 11.1 Å². The van der Waals surface area contributed by atoms with E-state index >= 15 is 0 Å². The Kier molecular flexibility index (Phi) is 7.38. The maximum absolute atomic E-state index is 13.1. The minimum Gasteiger partial charge on any atom is -0.473 e. The Morgan fingerprint density at radius 2 is 1.68 bits per heavy atom. The summed E-state index contributed by atoms with van der Waals surface area (Å²) in [7, 11) is 0. The van der Waals surface area contributed by atoms with Crippen LogP contribution in [0.25, 0.3) is 0 Å². The minimum atomic E-state index is -4.49. The van der Waals surface area contributed by atoms with Crippen molar-refractivity contribution in [2.24, 2.45) is 0 Å². The van der Waals surface area contributed by atoms with Crippen LogP contribution in [0.1, 0.15) is 52.7 Å². The van der Waals surface area contributed by atoms with E-state index in [9.17, 15) is 18.0 Å². The highest BCUT2D eigenvalue weighted by atomic mass is 35.5. The number of hydrogen-bond donors (Lipinski definition) is 0. The van der Waals surface area contributed by atoms with Crippen molar-refractivity contribution in [1.29, 1.82) is 0 Å². The van der Waals surface area contributed by atoms with E-state index in [2.05, 4.69) is 9.88 Å². The van der Waals surface area contributed by atoms with Gasteiger partial charge in [-0.25, -0.2) is 4.98 Å². The summed E-state index contributed by atoms with van der Waals surface area (Å²) in [6, 6.07) is 7.20. The number of aryl methyl sites for hydroxylation is 2. The molecular weight excluding hydrogens is 467 g/mol. The molecule has 4 rings (SSSR count). The number of halogens is 4. The summed E-state index contributed by atoms with van der Waals surface area (Å²) < 4.78 is 44.2. The van der Waals surface area contributed by atoms with Crippen molar-refractivity contribution in [3.05, 3.63) is 57.7 Å². The predicted octanol–water partition coefficient (Wildman–Crippen LogP) is 5.52. The van der Waals surface area contributed by atoms with E-state index in [1.165, 1.54) is 0 Å². The SMILES string of the molecule is Cc1cccc(C)c1C(=O)N1CCC(N2CCC(Oc3ncc(C(F)(F)F)cc3Cl)CC2)CC1. The average molecular weight is 496 g/mol. The van der Waals surface area contributed by atoms with Crippen molar-refractivity contribution in [1.82, 2.24) is 14.8 Å². The summed E-state index contributed by atoms with van der Waals surface area (Å²) >= 11 is 5.98. The number of amides is 1. The van der Waals surface area contributed by atoms with Crippen LogP contribution in [-0.4, -0.2) is 59.0 Å². The van der Waals surface area contributed by atoms with Gasteiger partial charge < -0.3 is 9.64 Å². The number of carbonyl (C=O) groups is 1. The summed E-state index contributed by atoms with van der Waals surface area (Å²) in [5.41, 5.74) is 1.95. The molecule has 2 aliphatic heterocycles. The Morgan fingerprint density at radius 3 is 2.24 bits per heavy atom. The Hall–Kier alpha value is -2.32. The topological polar surface area (TPSA) is 45.7 Å². The maximum Gasteiger partial charge on any atom is 0.417 e. The van der Waals surface area contributed by atoms with E-state index in [1.807, 2.05) is 36.9 Å². The summed E-state index contributed by atoms with van der Waals surface area (Å²) in [5, 5.41) is -0.127. The lowest BCUT2D eigenvalue weighted by Crippen LogP contribution is -2.50. The molecule has 3 heterocycles. The lowest BCUT2D eigenvalue weighted by atomic mass is 9.97. The molecule has 1 amide bonds. The molecule has 184 valence electrons. The van der Waals surface area contributed by atoms with Crippen LogP contribution < -0.4 is 4.74 Å². The van der Waals surface area contributed by atoms with Gasteiger partial charge in [-0.05, 0) is 56.7 Å². The van der Waals surface area contributed by atoms with Gasteiger partial charge in [-0.2, -0.15) is 13.2 Å². The lowest BCUT2D eigenvalue weighted by Gasteiger charge is -2.41. The molecule has 0 saturated carbocycles.